The summed E-state index contributed by atoms with van der Waals surface area (Å²) in [6, 6.07) is 23.7. The van der Waals surface area contributed by atoms with E-state index < -0.39 is 0 Å². The van der Waals surface area contributed by atoms with E-state index in [9.17, 15) is 4.79 Å². The van der Waals surface area contributed by atoms with Crippen molar-refractivity contribution >= 4 is 17.3 Å². The largest absolute Gasteiger partial charge is 0.493 e. The summed E-state index contributed by atoms with van der Waals surface area (Å²) in [5.41, 5.74) is 3.71. The first kappa shape index (κ1) is 18.9. The second-order valence-electron chi connectivity index (χ2n) is 6.94. The second-order valence-corrected chi connectivity index (χ2v) is 6.94. The molecule has 1 N–H and O–H groups in total. The Morgan fingerprint density at radius 2 is 1.66 bits per heavy atom. The number of para-hydroxylation sites is 2. The third-order valence-corrected chi connectivity index (χ3v) is 5.23. The molecular formula is C24H24N2O3. The maximum atomic E-state index is 13.3. The van der Waals surface area contributed by atoms with Crippen molar-refractivity contribution in [2.45, 2.75) is 12.5 Å². The number of nitrogens with one attached hydrogen (secondary N) is 1. The van der Waals surface area contributed by atoms with E-state index in [2.05, 4.69) is 23.5 Å². The predicted molar refractivity (Wildman–Crippen MR) is 115 cm³/mol. The fourth-order valence-electron chi connectivity index (χ4n) is 3.78. The van der Waals surface area contributed by atoms with Crippen LogP contribution in [-0.4, -0.2) is 26.7 Å². The number of methoxy groups -OCH3 is 2. The molecule has 1 atom stereocenters. The predicted octanol–water partition coefficient (Wildman–Crippen LogP) is 4.91. The summed E-state index contributed by atoms with van der Waals surface area (Å²) >= 11 is 0. The molecule has 1 amide bonds. The monoisotopic (exact) mass is 388 g/mol. The number of benzene rings is 3. The molecule has 29 heavy (non-hydrogen) atoms. The van der Waals surface area contributed by atoms with Gasteiger partial charge in [-0.3, -0.25) is 4.79 Å². The Hall–Kier alpha value is -3.47. The summed E-state index contributed by atoms with van der Waals surface area (Å²) in [5, 5.41) is 3.60. The molecule has 0 spiro atoms. The van der Waals surface area contributed by atoms with Crippen LogP contribution in [0.1, 0.15) is 28.4 Å². The third kappa shape index (κ3) is 3.76. The van der Waals surface area contributed by atoms with Crippen molar-refractivity contribution in [1.29, 1.82) is 0 Å². The molecule has 3 aromatic carbocycles. The van der Waals surface area contributed by atoms with Crippen molar-refractivity contribution in [3.05, 3.63) is 83.9 Å². The first-order valence-corrected chi connectivity index (χ1v) is 9.65. The van der Waals surface area contributed by atoms with Crippen molar-refractivity contribution in [2.24, 2.45) is 0 Å². The van der Waals surface area contributed by atoms with E-state index in [0.717, 1.165) is 23.4 Å². The number of hydrogen-bond donors (Lipinski definition) is 1. The number of fused-ring (bicyclic) bond motifs is 1. The molecule has 1 aliphatic heterocycles. The molecule has 0 aromatic heterocycles. The van der Waals surface area contributed by atoms with Crippen LogP contribution in [0.3, 0.4) is 0 Å². The lowest BCUT2D eigenvalue weighted by molar-refractivity contribution is 0.0984. The Balaban J connectivity index is 1.63. The normalized spacial score (nSPS) is 15.4. The highest BCUT2D eigenvalue weighted by molar-refractivity contribution is 6.07. The SMILES string of the molecule is COc1ccc(C(=O)N2CCC(Nc3ccccc3)c3ccccc32)cc1OC. The van der Waals surface area contributed by atoms with Crippen LogP contribution in [0.15, 0.2) is 72.8 Å². The van der Waals surface area contributed by atoms with E-state index in [1.54, 1.807) is 32.4 Å². The minimum Gasteiger partial charge on any atom is -0.493 e. The van der Waals surface area contributed by atoms with E-state index in [1.807, 2.05) is 41.3 Å². The molecule has 0 radical (unpaired) electrons. The highest BCUT2D eigenvalue weighted by Gasteiger charge is 2.29. The number of carbonyl (C=O) groups excluding carboxylic acids is 1. The van der Waals surface area contributed by atoms with Gasteiger partial charge in [-0.05, 0) is 48.4 Å². The summed E-state index contributed by atoms with van der Waals surface area (Å²) < 4.78 is 10.6. The average molecular weight is 388 g/mol. The van der Waals surface area contributed by atoms with Crippen molar-refractivity contribution < 1.29 is 14.3 Å². The van der Waals surface area contributed by atoms with Crippen LogP contribution in [-0.2, 0) is 0 Å². The van der Waals surface area contributed by atoms with E-state index >= 15 is 0 Å². The molecule has 0 aliphatic carbocycles. The number of amides is 1. The Kier molecular flexibility index (Phi) is 5.38. The standard InChI is InChI=1S/C24H24N2O3/c1-28-22-13-12-17(16-23(22)29-2)24(27)26-15-14-20(19-10-6-7-11-21(19)26)25-18-8-4-3-5-9-18/h3-13,16,20,25H,14-15H2,1-2H3. The molecule has 1 heterocycles. The number of rotatable bonds is 5. The van der Waals surface area contributed by atoms with Gasteiger partial charge in [-0.15, -0.1) is 0 Å². The van der Waals surface area contributed by atoms with Crippen LogP contribution in [0.4, 0.5) is 11.4 Å². The van der Waals surface area contributed by atoms with Crippen LogP contribution in [0.5, 0.6) is 11.5 Å². The number of anilines is 2. The van der Waals surface area contributed by atoms with Gasteiger partial charge in [0.25, 0.3) is 5.91 Å². The Morgan fingerprint density at radius 1 is 0.931 bits per heavy atom. The molecule has 3 aromatic rings. The van der Waals surface area contributed by atoms with Gasteiger partial charge < -0.3 is 19.7 Å². The average Bonchev–Trinajstić information content (AvgIpc) is 2.79. The van der Waals surface area contributed by atoms with E-state index in [4.69, 9.17) is 9.47 Å². The maximum absolute atomic E-state index is 13.3. The minimum absolute atomic E-state index is 0.0448. The van der Waals surface area contributed by atoms with Gasteiger partial charge in [-0.2, -0.15) is 0 Å². The summed E-state index contributed by atoms with van der Waals surface area (Å²) in [6.45, 7) is 0.634. The molecule has 5 heteroatoms. The highest BCUT2D eigenvalue weighted by Crippen LogP contribution is 2.37. The fraction of sp³-hybridized carbons (Fsp3) is 0.208. The van der Waals surface area contributed by atoms with E-state index in [-0.39, 0.29) is 11.9 Å². The molecule has 4 rings (SSSR count). The number of hydrogen-bond acceptors (Lipinski definition) is 4. The van der Waals surface area contributed by atoms with Crippen LogP contribution in [0, 0.1) is 0 Å². The van der Waals surface area contributed by atoms with Gasteiger partial charge in [0, 0.05) is 23.5 Å². The van der Waals surface area contributed by atoms with Crippen LogP contribution in [0.25, 0.3) is 0 Å². The van der Waals surface area contributed by atoms with Gasteiger partial charge in [0.05, 0.1) is 20.3 Å². The van der Waals surface area contributed by atoms with Gasteiger partial charge in [-0.25, -0.2) is 0 Å². The van der Waals surface area contributed by atoms with Gasteiger partial charge in [-0.1, -0.05) is 36.4 Å². The quantitative estimate of drug-likeness (QED) is 0.675. The molecule has 5 nitrogen and oxygen atoms in total. The Bertz CT molecular complexity index is 1000. The lowest BCUT2D eigenvalue weighted by Crippen LogP contribution is -2.38. The molecule has 0 bridgehead atoms. The summed E-state index contributed by atoms with van der Waals surface area (Å²) in [6.07, 6.45) is 0.824. The molecule has 1 aliphatic rings. The topological polar surface area (TPSA) is 50.8 Å². The van der Waals surface area contributed by atoms with Crippen LogP contribution >= 0.6 is 0 Å². The molecular weight excluding hydrogens is 364 g/mol. The summed E-state index contributed by atoms with van der Waals surface area (Å²) in [4.78, 5) is 15.2. The molecule has 1 unspecified atom stereocenters. The number of carbonyl (C=O) groups is 1. The lowest BCUT2D eigenvalue weighted by atomic mass is 9.95. The van der Waals surface area contributed by atoms with Gasteiger partial charge in [0.2, 0.25) is 0 Å². The zero-order chi connectivity index (χ0) is 20.2. The van der Waals surface area contributed by atoms with E-state index in [1.165, 1.54) is 0 Å². The molecule has 0 saturated carbocycles. The van der Waals surface area contributed by atoms with Crippen molar-refractivity contribution in [3.63, 3.8) is 0 Å². The zero-order valence-electron chi connectivity index (χ0n) is 16.6. The number of nitrogens with zero attached hydrogens (tertiary/aromatic N) is 1. The van der Waals surface area contributed by atoms with Crippen molar-refractivity contribution in [3.8, 4) is 11.5 Å². The number of ether oxygens (including phenoxy) is 2. The minimum atomic E-state index is -0.0448. The first-order valence-electron chi connectivity index (χ1n) is 9.65. The Morgan fingerprint density at radius 3 is 2.41 bits per heavy atom. The summed E-state index contributed by atoms with van der Waals surface area (Å²) in [5.74, 6) is 1.11. The second kappa shape index (κ2) is 8.27. The zero-order valence-corrected chi connectivity index (χ0v) is 16.6. The molecule has 0 saturated heterocycles. The first-order chi connectivity index (χ1) is 14.2. The molecule has 148 valence electrons. The van der Waals surface area contributed by atoms with Crippen LogP contribution in [0.2, 0.25) is 0 Å². The fourth-order valence-corrected chi connectivity index (χ4v) is 3.78. The van der Waals surface area contributed by atoms with Crippen molar-refractivity contribution in [2.75, 3.05) is 31.0 Å². The van der Waals surface area contributed by atoms with Gasteiger partial charge in [0.15, 0.2) is 11.5 Å². The third-order valence-electron chi connectivity index (χ3n) is 5.23. The van der Waals surface area contributed by atoms with E-state index in [0.29, 0.717) is 23.6 Å². The van der Waals surface area contributed by atoms with Gasteiger partial charge in [0.1, 0.15) is 0 Å². The smallest absolute Gasteiger partial charge is 0.258 e. The Labute approximate surface area is 170 Å². The highest BCUT2D eigenvalue weighted by atomic mass is 16.5. The maximum Gasteiger partial charge on any atom is 0.258 e. The van der Waals surface area contributed by atoms with Gasteiger partial charge >= 0.3 is 0 Å². The lowest BCUT2D eigenvalue weighted by Gasteiger charge is -2.35. The van der Waals surface area contributed by atoms with Crippen molar-refractivity contribution in [1.82, 2.24) is 0 Å². The summed E-state index contributed by atoms with van der Waals surface area (Å²) in [7, 11) is 3.16. The molecule has 0 fully saturated rings. The van der Waals surface area contributed by atoms with Crippen LogP contribution < -0.4 is 19.7 Å².